The summed E-state index contributed by atoms with van der Waals surface area (Å²) in [5.41, 5.74) is 0. The molecule has 1 atom stereocenters. The third-order valence-corrected chi connectivity index (χ3v) is 2.60. The molecular weight excluding hydrogens is 150 g/mol. The van der Waals surface area contributed by atoms with E-state index >= 15 is 0 Å². The van der Waals surface area contributed by atoms with Crippen LogP contribution in [0.2, 0.25) is 0 Å². The minimum absolute atomic E-state index is 0.446. The van der Waals surface area contributed by atoms with Gasteiger partial charge in [0.05, 0.1) is 12.7 Å². The molecule has 12 heavy (non-hydrogen) atoms. The molecule has 0 radical (unpaired) electrons. The van der Waals surface area contributed by atoms with Crippen LogP contribution in [0, 0.1) is 5.92 Å². The quantitative estimate of drug-likeness (QED) is 0.627. The van der Waals surface area contributed by atoms with Crippen molar-refractivity contribution < 1.29 is 4.74 Å². The Morgan fingerprint density at radius 1 is 1.25 bits per heavy atom. The molecule has 1 saturated heterocycles. The number of morpholine rings is 1. The summed E-state index contributed by atoms with van der Waals surface area (Å²) in [5.74, 6) is 0.645. The van der Waals surface area contributed by atoms with E-state index in [0.29, 0.717) is 18.1 Å². The Bertz CT molecular complexity index is 120. The SMILES string of the molecule is CC(C)[C@H]1CN(C(C)C)CCO1. The van der Waals surface area contributed by atoms with Gasteiger partial charge in [-0.3, -0.25) is 4.90 Å². The van der Waals surface area contributed by atoms with Gasteiger partial charge in [-0.2, -0.15) is 0 Å². The molecule has 0 aromatic rings. The van der Waals surface area contributed by atoms with E-state index in [9.17, 15) is 0 Å². The van der Waals surface area contributed by atoms with Crippen molar-refractivity contribution in [1.82, 2.24) is 4.90 Å². The molecule has 1 rings (SSSR count). The van der Waals surface area contributed by atoms with Crippen LogP contribution in [0.1, 0.15) is 27.7 Å². The largest absolute Gasteiger partial charge is 0.375 e. The standard InChI is InChI=1S/C10H21NO/c1-8(2)10-7-11(9(3)4)5-6-12-10/h8-10H,5-7H2,1-4H3/t10-/m1/s1. The predicted octanol–water partition coefficient (Wildman–Crippen LogP) is 1.75. The second-order valence-electron chi connectivity index (χ2n) is 4.24. The molecule has 72 valence electrons. The highest BCUT2D eigenvalue weighted by Crippen LogP contribution is 2.14. The Morgan fingerprint density at radius 3 is 2.42 bits per heavy atom. The van der Waals surface area contributed by atoms with Crippen LogP contribution in [0.3, 0.4) is 0 Å². The minimum atomic E-state index is 0.446. The smallest absolute Gasteiger partial charge is 0.0725 e. The van der Waals surface area contributed by atoms with Crippen molar-refractivity contribution in [2.24, 2.45) is 5.92 Å². The summed E-state index contributed by atoms with van der Waals surface area (Å²) in [6, 6.07) is 0.662. The number of nitrogens with zero attached hydrogens (tertiary/aromatic N) is 1. The molecule has 0 aromatic carbocycles. The summed E-state index contributed by atoms with van der Waals surface area (Å²) in [6.07, 6.45) is 0.446. The monoisotopic (exact) mass is 171 g/mol. The van der Waals surface area contributed by atoms with Crippen LogP contribution in [0.25, 0.3) is 0 Å². The van der Waals surface area contributed by atoms with Gasteiger partial charge in [0.1, 0.15) is 0 Å². The summed E-state index contributed by atoms with van der Waals surface area (Å²) in [6.45, 7) is 12.1. The lowest BCUT2D eigenvalue weighted by atomic mass is 10.1. The lowest BCUT2D eigenvalue weighted by Gasteiger charge is -2.37. The van der Waals surface area contributed by atoms with Gasteiger partial charge in [0, 0.05) is 19.1 Å². The molecule has 0 aromatic heterocycles. The molecule has 0 spiro atoms. The van der Waals surface area contributed by atoms with E-state index in [-0.39, 0.29) is 0 Å². The van der Waals surface area contributed by atoms with Crippen LogP contribution in [-0.4, -0.2) is 36.7 Å². The Balaban J connectivity index is 2.40. The highest BCUT2D eigenvalue weighted by Gasteiger charge is 2.23. The first-order valence-electron chi connectivity index (χ1n) is 4.97. The van der Waals surface area contributed by atoms with E-state index in [1.165, 1.54) is 0 Å². The molecule has 0 saturated carbocycles. The molecule has 0 N–H and O–H groups in total. The lowest BCUT2D eigenvalue weighted by Crippen LogP contribution is -2.47. The minimum Gasteiger partial charge on any atom is -0.375 e. The van der Waals surface area contributed by atoms with Crippen molar-refractivity contribution in [3.63, 3.8) is 0 Å². The van der Waals surface area contributed by atoms with Gasteiger partial charge in [0.25, 0.3) is 0 Å². The van der Waals surface area contributed by atoms with Crippen molar-refractivity contribution in [2.45, 2.75) is 39.8 Å². The molecule has 0 unspecified atom stereocenters. The Morgan fingerprint density at radius 2 is 1.92 bits per heavy atom. The van der Waals surface area contributed by atoms with Gasteiger partial charge < -0.3 is 4.74 Å². The first kappa shape index (κ1) is 10.0. The molecule has 1 fully saturated rings. The second-order valence-corrected chi connectivity index (χ2v) is 4.24. The van der Waals surface area contributed by atoms with Crippen LogP contribution in [0.4, 0.5) is 0 Å². The topological polar surface area (TPSA) is 12.5 Å². The molecule has 0 bridgehead atoms. The van der Waals surface area contributed by atoms with Crippen LogP contribution in [0.15, 0.2) is 0 Å². The molecule has 1 aliphatic heterocycles. The third-order valence-electron chi connectivity index (χ3n) is 2.60. The maximum absolute atomic E-state index is 5.68. The maximum atomic E-state index is 5.68. The summed E-state index contributed by atoms with van der Waals surface area (Å²) in [5, 5.41) is 0. The van der Waals surface area contributed by atoms with Gasteiger partial charge in [-0.1, -0.05) is 13.8 Å². The van der Waals surface area contributed by atoms with E-state index in [0.717, 1.165) is 19.7 Å². The molecule has 1 aliphatic rings. The van der Waals surface area contributed by atoms with Crippen molar-refractivity contribution >= 4 is 0 Å². The summed E-state index contributed by atoms with van der Waals surface area (Å²) in [7, 11) is 0. The lowest BCUT2D eigenvalue weighted by molar-refractivity contribution is -0.0591. The van der Waals surface area contributed by atoms with Gasteiger partial charge in [0.15, 0.2) is 0 Å². The molecule has 0 amide bonds. The van der Waals surface area contributed by atoms with Crippen LogP contribution < -0.4 is 0 Å². The summed E-state index contributed by atoms with van der Waals surface area (Å²) in [4.78, 5) is 2.49. The zero-order valence-corrected chi connectivity index (χ0v) is 8.71. The summed E-state index contributed by atoms with van der Waals surface area (Å²) >= 11 is 0. The van der Waals surface area contributed by atoms with Gasteiger partial charge in [-0.25, -0.2) is 0 Å². The highest BCUT2D eigenvalue weighted by molar-refractivity contribution is 4.75. The fraction of sp³-hybridized carbons (Fsp3) is 1.00. The molecule has 0 aliphatic carbocycles. The van der Waals surface area contributed by atoms with Crippen molar-refractivity contribution in [3.8, 4) is 0 Å². The van der Waals surface area contributed by atoms with E-state index in [2.05, 4.69) is 32.6 Å². The summed E-state index contributed by atoms with van der Waals surface area (Å²) < 4.78 is 5.68. The zero-order chi connectivity index (χ0) is 9.14. The van der Waals surface area contributed by atoms with Gasteiger partial charge >= 0.3 is 0 Å². The fourth-order valence-electron chi connectivity index (χ4n) is 1.57. The maximum Gasteiger partial charge on any atom is 0.0725 e. The van der Waals surface area contributed by atoms with Gasteiger partial charge in [-0.05, 0) is 19.8 Å². The highest BCUT2D eigenvalue weighted by atomic mass is 16.5. The van der Waals surface area contributed by atoms with Crippen molar-refractivity contribution in [2.75, 3.05) is 19.7 Å². The van der Waals surface area contributed by atoms with Crippen LogP contribution in [-0.2, 0) is 4.74 Å². The molecule has 2 heteroatoms. The van der Waals surface area contributed by atoms with Gasteiger partial charge in [0.2, 0.25) is 0 Å². The zero-order valence-electron chi connectivity index (χ0n) is 8.71. The first-order valence-corrected chi connectivity index (χ1v) is 4.97. The number of hydrogen-bond acceptors (Lipinski definition) is 2. The van der Waals surface area contributed by atoms with Gasteiger partial charge in [-0.15, -0.1) is 0 Å². The van der Waals surface area contributed by atoms with E-state index in [4.69, 9.17) is 4.74 Å². The fourth-order valence-corrected chi connectivity index (χ4v) is 1.57. The third kappa shape index (κ3) is 2.46. The Kier molecular flexibility index (Phi) is 3.53. The number of ether oxygens (including phenoxy) is 1. The molecule has 2 nitrogen and oxygen atoms in total. The number of hydrogen-bond donors (Lipinski definition) is 0. The number of rotatable bonds is 2. The second kappa shape index (κ2) is 4.24. The average molecular weight is 171 g/mol. The Hall–Kier alpha value is -0.0800. The first-order chi connectivity index (χ1) is 5.61. The van der Waals surface area contributed by atoms with E-state index in [1.807, 2.05) is 0 Å². The van der Waals surface area contributed by atoms with E-state index in [1.54, 1.807) is 0 Å². The average Bonchev–Trinajstić information content (AvgIpc) is 2.04. The predicted molar refractivity (Wildman–Crippen MR) is 51.3 cm³/mol. The molecule has 1 heterocycles. The Labute approximate surface area is 75.9 Å². The normalized spacial score (nSPS) is 27.0. The molecular formula is C10H21NO. The van der Waals surface area contributed by atoms with Crippen LogP contribution >= 0.6 is 0 Å². The van der Waals surface area contributed by atoms with Crippen molar-refractivity contribution in [3.05, 3.63) is 0 Å². The van der Waals surface area contributed by atoms with Crippen molar-refractivity contribution in [1.29, 1.82) is 0 Å². The van der Waals surface area contributed by atoms with E-state index < -0.39 is 0 Å². The van der Waals surface area contributed by atoms with Crippen LogP contribution in [0.5, 0.6) is 0 Å².